The fourth-order valence-electron chi connectivity index (χ4n) is 3.16. The van der Waals surface area contributed by atoms with Gasteiger partial charge in [-0.3, -0.25) is 0 Å². The summed E-state index contributed by atoms with van der Waals surface area (Å²) in [7, 11) is 0. The van der Waals surface area contributed by atoms with E-state index in [1.807, 2.05) is 20.8 Å². The molecular weight excluding hydrogens is 334 g/mol. The van der Waals surface area contributed by atoms with Gasteiger partial charge < -0.3 is 10.1 Å². The highest BCUT2D eigenvalue weighted by Gasteiger charge is 2.19. The van der Waals surface area contributed by atoms with E-state index in [4.69, 9.17) is 4.74 Å². The highest BCUT2D eigenvalue weighted by atomic mass is 16.6. The molecule has 0 fully saturated rings. The molecule has 1 amide bonds. The van der Waals surface area contributed by atoms with Gasteiger partial charge >= 0.3 is 6.09 Å². The first-order chi connectivity index (χ1) is 12.9. The zero-order chi connectivity index (χ0) is 20.4. The Labute approximate surface area is 169 Å². The molecule has 0 aromatic carbocycles. The van der Waals surface area contributed by atoms with Crippen LogP contribution in [0.25, 0.3) is 0 Å². The van der Waals surface area contributed by atoms with Gasteiger partial charge in [0.25, 0.3) is 0 Å². The molecule has 0 aromatic heterocycles. The maximum absolute atomic E-state index is 12.1. The van der Waals surface area contributed by atoms with Crippen LogP contribution in [-0.2, 0) is 4.74 Å². The summed E-state index contributed by atoms with van der Waals surface area (Å²) in [5.74, 6) is 0. The van der Waals surface area contributed by atoms with E-state index < -0.39 is 5.60 Å². The lowest BCUT2D eigenvalue weighted by Crippen LogP contribution is -2.39. The zero-order valence-corrected chi connectivity index (χ0v) is 18.9. The normalized spacial score (nSPS) is 13.1. The third-order valence-corrected chi connectivity index (χ3v) is 4.69. The first kappa shape index (κ1) is 26.0. The van der Waals surface area contributed by atoms with Gasteiger partial charge in [0.15, 0.2) is 0 Å². The van der Waals surface area contributed by atoms with E-state index in [0.29, 0.717) is 0 Å². The van der Waals surface area contributed by atoms with Gasteiger partial charge in [-0.1, -0.05) is 77.4 Å². The predicted octanol–water partition coefficient (Wildman–Crippen LogP) is 7.94. The maximum atomic E-state index is 12.1. The zero-order valence-electron chi connectivity index (χ0n) is 18.9. The van der Waals surface area contributed by atoms with Crippen LogP contribution in [0.3, 0.4) is 0 Å². The molecule has 1 N–H and O–H groups in total. The minimum absolute atomic E-state index is 0.250. The first-order valence-electron chi connectivity index (χ1n) is 11.5. The lowest BCUT2D eigenvalue weighted by atomic mass is 10.0. The van der Waals surface area contributed by atoms with E-state index in [1.165, 1.54) is 77.0 Å². The number of unbranched alkanes of at least 4 members (excludes halogenated alkanes) is 9. The minimum Gasteiger partial charge on any atom is -0.444 e. The summed E-state index contributed by atoms with van der Waals surface area (Å²) in [4.78, 5) is 12.1. The Kier molecular flexibility index (Phi) is 16.5. The number of amides is 1. The monoisotopic (exact) mass is 381 g/mol. The van der Waals surface area contributed by atoms with E-state index >= 15 is 0 Å². The average molecular weight is 382 g/mol. The second kappa shape index (κ2) is 17.1. The number of carbonyl (C=O) groups is 1. The first-order valence-corrected chi connectivity index (χ1v) is 11.5. The van der Waals surface area contributed by atoms with Gasteiger partial charge in [-0.05, 0) is 59.3 Å². The summed E-state index contributed by atoms with van der Waals surface area (Å²) in [6.07, 6.45) is 21.6. The van der Waals surface area contributed by atoms with E-state index in [2.05, 4.69) is 31.3 Å². The number of hydrogen-bond acceptors (Lipinski definition) is 2. The fourth-order valence-corrected chi connectivity index (χ4v) is 3.16. The maximum Gasteiger partial charge on any atom is 0.407 e. The largest absolute Gasteiger partial charge is 0.444 e. The lowest BCUT2D eigenvalue weighted by Gasteiger charge is -2.23. The van der Waals surface area contributed by atoms with Crippen molar-refractivity contribution in [3.8, 4) is 0 Å². The Morgan fingerprint density at radius 3 is 1.81 bits per heavy atom. The topological polar surface area (TPSA) is 38.3 Å². The Balaban J connectivity index is 3.93. The molecule has 0 heterocycles. The third-order valence-electron chi connectivity index (χ3n) is 4.69. The molecule has 0 radical (unpaired) electrons. The second-order valence-electron chi connectivity index (χ2n) is 8.80. The fraction of sp³-hybridized carbons (Fsp3) is 0.875. The van der Waals surface area contributed by atoms with Gasteiger partial charge in [-0.15, -0.1) is 0 Å². The van der Waals surface area contributed by atoms with Crippen LogP contribution in [0.5, 0.6) is 0 Å². The molecule has 0 aliphatic rings. The molecule has 160 valence electrons. The van der Waals surface area contributed by atoms with Crippen molar-refractivity contribution >= 4 is 6.09 Å². The summed E-state index contributed by atoms with van der Waals surface area (Å²) >= 11 is 0. The number of alkyl carbamates (subject to hydrolysis) is 1. The summed E-state index contributed by atoms with van der Waals surface area (Å²) in [6, 6.07) is 0.250. The summed E-state index contributed by atoms with van der Waals surface area (Å²) in [6.45, 7) is 10.2. The Hall–Kier alpha value is -0.990. The Morgan fingerprint density at radius 1 is 0.815 bits per heavy atom. The van der Waals surface area contributed by atoms with Crippen molar-refractivity contribution in [1.29, 1.82) is 0 Å². The molecule has 0 aliphatic carbocycles. The smallest absolute Gasteiger partial charge is 0.407 e. The molecule has 27 heavy (non-hydrogen) atoms. The van der Waals surface area contributed by atoms with Crippen molar-refractivity contribution < 1.29 is 9.53 Å². The molecule has 3 heteroatoms. The number of rotatable bonds is 16. The molecular formula is C24H47NO2. The highest BCUT2D eigenvalue weighted by molar-refractivity contribution is 5.68. The highest BCUT2D eigenvalue weighted by Crippen LogP contribution is 2.14. The molecule has 0 aliphatic heterocycles. The minimum atomic E-state index is -0.430. The van der Waals surface area contributed by atoms with Gasteiger partial charge in [0.2, 0.25) is 0 Å². The number of carbonyl (C=O) groups excluding carboxylic acids is 1. The van der Waals surface area contributed by atoms with E-state index in [-0.39, 0.29) is 12.1 Å². The van der Waals surface area contributed by atoms with Crippen LogP contribution in [0.1, 0.15) is 125 Å². The van der Waals surface area contributed by atoms with Crippen molar-refractivity contribution in [2.45, 2.75) is 136 Å². The van der Waals surface area contributed by atoms with Crippen molar-refractivity contribution in [1.82, 2.24) is 5.32 Å². The van der Waals surface area contributed by atoms with Crippen molar-refractivity contribution in [3.05, 3.63) is 12.2 Å². The number of hydrogen-bond donors (Lipinski definition) is 1. The second-order valence-corrected chi connectivity index (χ2v) is 8.80. The molecule has 0 saturated heterocycles. The lowest BCUT2D eigenvalue weighted by molar-refractivity contribution is 0.0497. The van der Waals surface area contributed by atoms with Crippen LogP contribution >= 0.6 is 0 Å². The van der Waals surface area contributed by atoms with Gasteiger partial charge in [0.05, 0.1) is 0 Å². The Morgan fingerprint density at radius 2 is 1.30 bits per heavy atom. The number of ether oxygens (including phenoxy) is 1. The SMILES string of the molecule is CCCCCCC=CCCCCCC(CCCCC)NC(=O)OC(C)(C)C. The predicted molar refractivity (Wildman–Crippen MR) is 118 cm³/mol. The molecule has 1 atom stereocenters. The van der Waals surface area contributed by atoms with Crippen molar-refractivity contribution in [3.63, 3.8) is 0 Å². The molecule has 3 nitrogen and oxygen atoms in total. The number of allylic oxidation sites excluding steroid dienone is 2. The molecule has 0 saturated carbocycles. The van der Waals surface area contributed by atoms with Crippen molar-refractivity contribution in [2.24, 2.45) is 0 Å². The van der Waals surface area contributed by atoms with Gasteiger partial charge in [-0.2, -0.15) is 0 Å². The van der Waals surface area contributed by atoms with Crippen LogP contribution in [0.15, 0.2) is 12.2 Å². The van der Waals surface area contributed by atoms with Crippen molar-refractivity contribution in [2.75, 3.05) is 0 Å². The molecule has 0 rings (SSSR count). The van der Waals surface area contributed by atoms with E-state index in [9.17, 15) is 4.79 Å². The average Bonchev–Trinajstić information content (AvgIpc) is 2.58. The summed E-state index contributed by atoms with van der Waals surface area (Å²) in [5, 5.41) is 3.09. The number of nitrogens with one attached hydrogen (secondary N) is 1. The molecule has 0 aromatic rings. The molecule has 0 bridgehead atoms. The van der Waals surface area contributed by atoms with E-state index in [1.54, 1.807) is 0 Å². The molecule has 0 spiro atoms. The van der Waals surface area contributed by atoms with E-state index in [0.717, 1.165) is 12.8 Å². The quantitative estimate of drug-likeness (QED) is 0.218. The van der Waals surface area contributed by atoms with Gasteiger partial charge in [0, 0.05) is 6.04 Å². The van der Waals surface area contributed by atoms with Crippen LogP contribution in [0.4, 0.5) is 4.79 Å². The molecule has 1 unspecified atom stereocenters. The van der Waals surface area contributed by atoms with Crippen LogP contribution in [-0.4, -0.2) is 17.7 Å². The standard InChI is InChI=1S/C24H47NO2/c1-6-8-10-11-12-13-14-15-16-17-19-21-22(20-18-9-7-2)25-23(26)27-24(3,4)5/h13-14,22H,6-12,15-21H2,1-5H3,(H,25,26). The Bertz CT molecular complexity index is 371. The summed E-state index contributed by atoms with van der Waals surface area (Å²) < 4.78 is 5.42. The van der Waals surface area contributed by atoms with Crippen LogP contribution < -0.4 is 5.32 Å². The van der Waals surface area contributed by atoms with Gasteiger partial charge in [0.1, 0.15) is 5.60 Å². The van der Waals surface area contributed by atoms with Crippen LogP contribution in [0.2, 0.25) is 0 Å². The third kappa shape index (κ3) is 19.6. The van der Waals surface area contributed by atoms with Gasteiger partial charge in [-0.25, -0.2) is 4.79 Å². The summed E-state index contributed by atoms with van der Waals surface area (Å²) in [5.41, 5.74) is -0.430. The van der Waals surface area contributed by atoms with Crippen LogP contribution in [0, 0.1) is 0 Å².